The highest BCUT2D eigenvalue weighted by Crippen LogP contribution is 2.35. The van der Waals surface area contributed by atoms with E-state index in [1.165, 1.54) is 11.7 Å². The molecule has 0 saturated carbocycles. The van der Waals surface area contributed by atoms with Crippen LogP contribution in [0.2, 0.25) is 5.15 Å². The van der Waals surface area contributed by atoms with Gasteiger partial charge in [-0.2, -0.15) is 0 Å². The van der Waals surface area contributed by atoms with Crippen molar-refractivity contribution in [3.8, 4) is 22.8 Å². The summed E-state index contributed by atoms with van der Waals surface area (Å²) in [6.45, 7) is 1.65. The molecule has 8 heteroatoms. The number of ether oxygens (including phenoxy) is 1. The maximum atomic E-state index is 14.4. The zero-order valence-corrected chi connectivity index (χ0v) is 15.6. The number of aryl methyl sites for hydroxylation is 1. The molecule has 4 aromatic rings. The first-order valence-electron chi connectivity index (χ1n) is 8.24. The van der Waals surface area contributed by atoms with Gasteiger partial charge in [0.1, 0.15) is 23.2 Å². The Labute approximate surface area is 163 Å². The minimum atomic E-state index is -1.29. The van der Waals surface area contributed by atoms with Crippen LogP contribution in [0.4, 0.5) is 13.2 Å². The Morgan fingerprint density at radius 1 is 0.964 bits per heavy atom. The molecule has 0 saturated heterocycles. The van der Waals surface area contributed by atoms with Gasteiger partial charge in [0, 0.05) is 23.1 Å². The van der Waals surface area contributed by atoms with Gasteiger partial charge in [0.15, 0.2) is 16.8 Å². The largest absolute Gasteiger partial charge is 0.496 e. The van der Waals surface area contributed by atoms with E-state index < -0.39 is 17.5 Å². The highest BCUT2D eigenvalue weighted by Gasteiger charge is 2.23. The molecular weight excluding hydrogens is 391 g/mol. The summed E-state index contributed by atoms with van der Waals surface area (Å²) in [5, 5.41) is 0.731. The predicted molar refractivity (Wildman–Crippen MR) is 100 cm³/mol. The van der Waals surface area contributed by atoms with Gasteiger partial charge < -0.3 is 4.74 Å². The number of hydrogen-bond donors (Lipinski definition) is 0. The zero-order valence-electron chi connectivity index (χ0n) is 14.8. The Kier molecular flexibility index (Phi) is 4.47. The molecular formula is C20H13ClF3N3O. The number of fused-ring (bicyclic) bond motifs is 1. The Bertz CT molecular complexity index is 1220. The fraction of sp³-hybridized carbons (Fsp3) is 0.100. The normalized spacial score (nSPS) is 11.2. The van der Waals surface area contributed by atoms with Crippen LogP contribution in [-0.2, 0) is 0 Å². The quantitative estimate of drug-likeness (QED) is 0.425. The van der Waals surface area contributed by atoms with E-state index in [9.17, 15) is 13.2 Å². The van der Waals surface area contributed by atoms with Crippen LogP contribution in [0.25, 0.3) is 28.0 Å². The standard InChI is InChI=1S/C20H13ClF3N3O/c1-10-25-20(21)19(12-7-14(23)15(24)8-13(12)22)27(10)18-9-17(28-2)11-5-3-4-6-16(11)26-18/h3-9H,1-2H3. The number of benzene rings is 2. The molecule has 0 bridgehead atoms. The van der Waals surface area contributed by atoms with Crippen LogP contribution in [0.15, 0.2) is 42.5 Å². The first-order valence-corrected chi connectivity index (χ1v) is 8.62. The van der Waals surface area contributed by atoms with Crippen LogP contribution < -0.4 is 4.74 Å². The zero-order chi connectivity index (χ0) is 20.0. The summed E-state index contributed by atoms with van der Waals surface area (Å²) in [6.07, 6.45) is 0. The van der Waals surface area contributed by atoms with Crippen molar-refractivity contribution >= 4 is 22.5 Å². The van der Waals surface area contributed by atoms with Gasteiger partial charge in [-0.1, -0.05) is 23.7 Å². The first-order chi connectivity index (χ1) is 13.4. The Morgan fingerprint density at radius 3 is 2.43 bits per heavy atom. The summed E-state index contributed by atoms with van der Waals surface area (Å²) in [6, 6.07) is 10.2. The highest BCUT2D eigenvalue weighted by atomic mass is 35.5. The molecule has 0 amide bonds. The smallest absolute Gasteiger partial charge is 0.161 e. The second kappa shape index (κ2) is 6.83. The molecule has 0 fully saturated rings. The van der Waals surface area contributed by atoms with Gasteiger partial charge >= 0.3 is 0 Å². The van der Waals surface area contributed by atoms with E-state index in [4.69, 9.17) is 16.3 Å². The van der Waals surface area contributed by atoms with Gasteiger partial charge in [-0.15, -0.1) is 0 Å². The molecule has 4 nitrogen and oxygen atoms in total. The number of pyridine rings is 1. The van der Waals surface area contributed by atoms with E-state index >= 15 is 0 Å². The summed E-state index contributed by atoms with van der Waals surface area (Å²) in [4.78, 5) is 8.74. The maximum absolute atomic E-state index is 14.4. The topological polar surface area (TPSA) is 39.9 Å². The van der Waals surface area contributed by atoms with Gasteiger partial charge in [0.2, 0.25) is 0 Å². The average Bonchev–Trinajstić information content (AvgIpc) is 2.97. The number of imidazole rings is 1. The Morgan fingerprint density at radius 2 is 1.68 bits per heavy atom. The van der Waals surface area contributed by atoms with E-state index in [1.54, 1.807) is 19.1 Å². The van der Waals surface area contributed by atoms with Crippen LogP contribution >= 0.6 is 11.6 Å². The lowest BCUT2D eigenvalue weighted by Gasteiger charge is -2.14. The molecule has 0 unspecified atom stereocenters. The summed E-state index contributed by atoms with van der Waals surface area (Å²) < 4.78 is 48.6. The van der Waals surface area contributed by atoms with Gasteiger partial charge in [0.25, 0.3) is 0 Å². The molecule has 142 valence electrons. The number of aromatic nitrogens is 3. The van der Waals surface area contributed by atoms with Crippen molar-refractivity contribution in [2.45, 2.75) is 6.92 Å². The lowest BCUT2D eigenvalue weighted by Crippen LogP contribution is -2.05. The molecule has 0 atom stereocenters. The average molecular weight is 404 g/mol. The fourth-order valence-electron chi connectivity index (χ4n) is 3.13. The number of rotatable bonds is 3. The van der Waals surface area contributed by atoms with Crippen molar-refractivity contribution in [3.63, 3.8) is 0 Å². The van der Waals surface area contributed by atoms with Gasteiger partial charge in [-0.3, -0.25) is 4.57 Å². The van der Waals surface area contributed by atoms with Crippen molar-refractivity contribution in [2.75, 3.05) is 7.11 Å². The number of nitrogens with zero attached hydrogens (tertiary/aromatic N) is 3. The number of hydrogen-bond acceptors (Lipinski definition) is 3. The molecule has 0 spiro atoms. The second-order valence-corrected chi connectivity index (χ2v) is 6.44. The number of para-hydroxylation sites is 1. The minimum Gasteiger partial charge on any atom is -0.496 e. The third-order valence-electron chi connectivity index (χ3n) is 4.38. The molecule has 2 heterocycles. The summed E-state index contributed by atoms with van der Waals surface area (Å²) in [7, 11) is 1.52. The molecule has 4 rings (SSSR count). The lowest BCUT2D eigenvalue weighted by molar-refractivity contribution is 0.419. The van der Waals surface area contributed by atoms with E-state index in [0.717, 1.165) is 11.5 Å². The molecule has 0 aliphatic rings. The van der Waals surface area contributed by atoms with Crippen LogP contribution in [0, 0.1) is 24.4 Å². The Hall–Kier alpha value is -3.06. The van der Waals surface area contributed by atoms with Gasteiger partial charge in [-0.25, -0.2) is 23.1 Å². The van der Waals surface area contributed by atoms with Gasteiger partial charge in [0.05, 0.1) is 18.3 Å². The summed E-state index contributed by atoms with van der Waals surface area (Å²) in [5.41, 5.74) is 0.483. The number of methoxy groups -OCH3 is 1. The molecule has 2 aromatic carbocycles. The predicted octanol–water partition coefficient (Wildman–Crippen LogP) is 5.48. The molecule has 28 heavy (non-hydrogen) atoms. The Balaban J connectivity index is 2.03. The molecule has 0 aliphatic heterocycles. The number of halogens is 4. The summed E-state index contributed by atoms with van der Waals surface area (Å²) >= 11 is 6.22. The van der Waals surface area contributed by atoms with Crippen molar-refractivity contribution < 1.29 is 17.9 Å². The van der Waals surface area contributed by atoms with E-state index in [-0.39, 0.29) is 16.4 Å². The third kappa shape index (κ3) is 2.88. The fourth-order valence-corrected chi connectivity index (χ4v) is 3.44. The van der Waals surface area contributed by atoms with E-state index in [0.29, 0.717) is 29.0 Å². The lowest BCUT2D eigenvalue weighted by atomic mass is 10.1. The highest BCUT2D eigenvalue weighted by molar-refractivity contribution is 6.32. The van der Waals surface area contributed by atoms with Crippen molar-refractivity contribution in [1.29, 1.82) is 0 Å². The third-order valence-corrected chi connectivity index (χ3v) is 4.64. The van der Waals surface area contributed by atoms with Crippen LogP contribution in [0.3, 0.4) is 0 Å². The maximum Gasteiger partial charge on any atom is 0.161 e. The first kappa shape index (κ1) is 18.3. The van der Waals surface area contributed by atoms with Crippen molar-refractivity contribution in [1.82, 2.24) is 14.5 Å². The molecule has 0 N–H and O–H groups in total. The summed E-state index contributed by atoms with van der Waals surface area (Å²) in [5.74, 6) is -2.15. The minimum absolute atomic E-state index is 0.0590. The van der Waals surface area contributed by atoms with Crippen molar-refractivity contribution in [2.24, 2.45) is 0 Å². The monoisotopic (exact) mass is 403 g/mol. The van der Waals surface area contributed by atoms with Crippen LogP contribution in [0.5, 0.6) is 5.75 Å². The van der Waals surface area contributed by atoms with E-state index in [2.05, 4.69) is 9.97 Å². The molecule has 0 aliphatic carbocycles. The van der Waals surface area contributed by atoms with Gasteiger partial charge in [-0.05, 0) is 25.1 Å². The second-order valence-electron chi connectivity index (χ2n) is 6.08. The van der Waals surface area contributed by atoms with Crippen LogP contribution in [-0.4, -0.2) is 21.6 Å². The SMILES string of the molecule is COc1cc(-n2c(C)nc(Cl)c2-c2cc(F)c(F)cc2F)nc2ccccc12. The van der Waals surface area contributed by atoms with Crippen LogP contribution in [0.1, 0.15) is 5.82 Å². The van der Waals surface area contributed by atoms with Crippen molar-refractivity contribution in [3.05, 3.63) is 70.9 Å². The molecule has 2 aromatic heterocycles. The van der Waals surface area contributed by atoms with E-state index in [1.807, 2.05) is 18.2 Å². The molecule has 0 radical (unpaired) electrons.